The van der Waals surface area contributed by atoms with E-state index in [1.807, 2.05) is 19.0 Å². The van der Waals surface area contributed by atoms with Crippen LogP contribution in [0, 0.1) is 5.92 Å². The molecule has 0 rings (SSSR count). The Bertz CT molecular complexity index is 106. The minimum absolute atomic E-state index is 0.758. The summed E-state index contributed by atoms with van der Waals surface area (Å²) in [5.74, 6) is 0.917. The first kappa shape index (κ1) is 13.3. The lowest BCUT2D eigenvalue weighted by Crippen LogP contribution is -2.06. The number of unbranched alkanes of at least 4 members (excludes halogenated alkanes) is 1. The first-order chi connectivity index (χ1) is 6.20. The molecule has 2 heteroatoms. The van der Waals surface area contributed by atoms with Crippen molar-refractivity contribution in [3.05, 3.63) is 0 Å². The van der Waals surface area contributed by atoms with Gasteiger partial charge in [-0.2, -0.15) is 0 Å². The van der Waals surface area contributed by atoms with Crippen molar-refractivity contribution in [1.29, 1.82) is 0 Å². The van der Waals surface area contributed by atoms with Gasteiger partial charge in [-0.05, 0) is 25.8 Å². The van der Waals surface area contributed by atoms with E-state index in [2.05, 4.69) is 25.5 Å². The first-order valence-electron chi connectivity index (χ1n) is 5.53. The molecular formula is C11H25NS. The van der Waals surface area contributed by atoms with Gasteiger partial charge in [0.15, 0.2) is 0 Å². The highest BCUT2D eigenvalue weighted by Crippen LogP contribution is 2.19. The van der Waals surface area contributed by atoms with E-state index in [9.17, 15) is 0 Å². The predicted molar refractivity (Wildman–Crippen MR) is 64.0 cm³/mol. The number of nitrogens with one attached hydrogen (secondary N) is 1. The molecule has 0 aromatic carbocycles. The van der Waals surface area contributed by atoms with E-state index >= 15 is 0 Å². The summed E-state index contributed by atoms with van der Waals surface area (Å²) in [6.45, 7) is 6.95. The van der Waals surface area contributed by atoms with Crippen LogP contribution in [0.4, 0.5) is 0 Å². The van der Waals surface area contributed by atoms with Crippen LogP contribution in [0.5, 0.6) is 0 Å². The average molecular weight is 203 g/mol. The lowest BCUT2D eigenvalue weighted by atomic mass is 9.98. The van der Waals surface area contributed by atoms with Gasteiger partial charge in [-0.3, -0.25) is 4.72 Å². The lowest BCUT2D eigenvalue weighted by Gasteiger charge is -2.14. The standard InChI is InChI=1S/C11H25NS/c1-5-6-7-10(2)8-9-11(3)13-12-4/h10-12H,5-9H2,1-4H3. The fourth-order valence-electron chi connectivity index (χ4n) is 1.48. The maximum atomic E-state index is 3.15. The molecule has 80 valence electrons. The van der Waals surface area contributed by atoms with E-state index in [4.69, 9.17) is 0 Å². The average Bonchev–Trinajstić information content (AvgIpc) is 2.12. The second kappa shape index (κ2) is 8.89. The molecule has 0 aliphatic heterocycles. The van der Waals surface area contributed by atoms with E-state index in [0.717, 1.165) is 11.2 Å². The van der Waals surface area contributed by atoms with Gasteiger partial charge >= 0.3 is 0 Å². The third kappa shape index (κ3) is 8.63. The van der Waals surface area contributed by atoms with Crippen LogP contribution >= 0.6 is 11.9 Å². The molecule has 0 aliphatic rings. The molecule has 1 N–H and O–H groups in total. The fourth-order valence-corrected chi connectivity index (χ4v) is 2.13. The minimum Gasteiger partial charge on any atom is -0.267 e. The van der Waals surface area contributed by atoms with Gasteiger partial charge in [-0.25, -0.2) is 0 Å². The van der Waals surface area contributed by atoms with Crippen LogP contribution in [0.1, 0.15) is 52.9 Å². The number of rotatable bonds is 8. The third-order valence-corrected chi connectivity index (χ3v) is 3.31. The maximum Gasteiger partial charge on any atom is 0.0164 e. The van der Waals surface area contributed by atoms with Gasteiger partial charge in [0.1, 0.15) is 0 Å². The molecule has 0 bridgehead atoms. The summed E-state index contributed by atoms with van der Waals surface area (Å²) in [6, 6.07) is 0. The van der Waals surface area contributed by atoms with Crippen molar-refractivity contribution in [1.82, 2.24) is 4.72 Å². The van der Waals surface area contributed by atoms with Crippen molar-refractivity contribution >= 4 is 11.9 Å². The monoisotopic (exact) mass is 203 g/mol. The molecule has 0 saturated carbocycles. The maximum absolute atomic E-state index is 3.15. The molecule has 0 fully saturated rings. The molecule has 13 heavy (non-hydrogen) atoms. The summed E-state index contributed by atoms with van der Waals surface area (Å²) < 4.78 is 3.15. The quantitative estimate of drug-likeness (QED) is 0.601. The molecule has 0 spiro atoms. The van der Waals surface area contributed by atoms with E-state index in [1.165, 1.54) is 32.1 Å². The van der Waals surface area contributed by atoms with Crippen LogP contribution in [-0.2, 0) is 0 Å². The van der Waals surface area contributed by atoms with Crippen molar-refractivity contribution in [3.63, 3.8) is 0 Å². The molecule has 0 amide bonds. The van der Waals surface area contributed by atoms with Crippen molar-refractivity contribution in [2.45, 2.75) is 58.1 Å². The second-order valence-electron chi connectivity index (χ2n) is 3.96. The van der Waals surface area contributed by atoms with Gasteiger partial charge < -0.3 is 0 Å². The smallest absolute Gasteiger partial charge is 0.0164 e. The van der Waals surface area contributed by atoms with E-state index in [-0.39, 0.29) is 0 Å². The van der Waals surface area contributed by atoms with Gasteiger partial charge in [-0.15, -0.1) is 0 Å². The van der Waals surface area contributed by atoms with Gasteiger partial charge in [0, 0.05) is 5.25 Å². The summed E-state index contributed by atoms with van der Waals surface area (Å²) in [4.78, 5) is 0. The highest BCUT2D eigenvalue weighted by atomic mass is 32.2. The van der Waals surface area contributed by atoms with Crippen LogP contribution in [0.25, 0.3) is 0 Å². The Labute approximate surface area is 88.2 Å². The summed E-state index contributed by atoms with van der Waals surface area (Å²) >= 11 is 1.85. The Morgan fingerprint density at radius 3 is 2.38 bits per heavy atom. The van der Waals surface area contributed by atoms with Gasteiger partial charge in [0.25, 0.3) is 0 Å². The zero-order valence-corrected chi connectivity index (χ0v) is 10.4. The van der Waals surface area contributed by atoms with Crippen LogP contribution < -0.4 is 4.72 Å². The molecule has 1 nitrogen and oxygen atoms in total. The molecule has 0 heterocycles. The molecular weight excluding hydrogens is 178 g/mol. The van der Waals surface area contributed by atoms with Crippen molar-refractivity contribution in [3.8, 4) is 0 Å². The topological polar surface area (TPSA) is 12.0 Å². The fraction of sp³-hybridized carbons (Fsp3) is 1.00. The van der Waals surface area contributed by atoms with Gasteiger partial charge in [0.2, 0.25) is 0 Å². The number of hydrogen-bond donors (Lipinski definition) is 1. The van der Waals surface area contributed by atoms with Crippen LogP contribution in [-0.4, -0.2) is 12.3 Å². The molecule has 2 atom stereocenters. The van der Waals surface area contributed by atoms with E-state index < -0.39 is 0 Å². The normalized spacial score (nSPS) is 15.7. The lowest BCUT2D eigenvalue weighted by molar-refractivity contribution is 0.457. The van der Waals surface area contributed by atoms with Gasteiger partial charge in [-0.1, -0.05) is 52.0 Å². The van der Waals surface area contributed by atoms with Crippen molar-refractivity contribution < 1.29 is 0 Å². The second-order valence-corrected chi connectivity index (χ2v) is 5.41. The van der Waals surface area contributed by atoms with Crippen molar-refractivity contribution in [2.75, 3.05) is 7.05 Å². The molecule has 0 aromatic heterocycles. The first-order valence-corrected chi connectivity index (χ1v) is 6.41. The molecule has 0 saturated heterocycles. The third-order valence-electron chi connectivity index (χ3n) is 2.44. The predicted octanol–water partition coefficient (Wildman–Crippen LogP) is 3.85. The summed E-state index contributed by atoms with van der Waals surface area (Å²) in [5, 5.41) is 0.758. The van der Waals surface area contributed by atoms with Crippen LogP contribution in [0.15, 0.2) is 0 Å². The molecule has 0 aromatic rings. The Morgan fingerprint density at radius 2 is 1.85 bits per heavy atom. The molecule has 0 radical (unpaired) electrons. The Balaban J connectivity index is 3.29. The summed E-state index contributed by atoms with van der Waals surface area (Å²) in [6.07, 6.45) is 6.87. The molecule has 2 unspecified atom stereocenters. The highest BCUT2D eigenvalue weighted by molar-refractivity contribution is 7.97. The minimum atomic E-state index is 0.758. The molecule has 0 aliphatic carbocycles. The number of hydrogen-bond acceptors (Lipinski definition) is 2. The Hall–Kier alpha value is 0.310. The van der Waals surface area contributed by atoms with E-state index in [1.54, 1.807) is 0 Å². The van der Waals surface area contributed by atoms with Crippen molar-refractivity contribution in [2.24, 2.45) is 5.92 Å². The zero-order chi connectivity index (χ0) is 10.1. The zero-order valence-electron chi connectivity index (χ0n) is 9.60. The van der Waals surface area contributed by atoms with E-state index in [0.29, 0.717) is 0 Å². The SMILES string of the molecule is CCCCC(C)CCC(C)SNC. The van der Waals surface area contributed by atoms with Crippen LogP contribution in [0.3, 0.4) is 0 Å². The summed E-state index contributed by atoms with van der Waals surface area (Å²) in [7, 11) is 2.00. The summed E-state index contributed by atoms with van der Waals surface area (Å²) in [5.41, 5.74) is 0. The Morgan fingerprint density at radius 1 is 1.15 bits per heavy atom. The Kier molecular flexibility index (Phi) is 9.10. The van der Waals surface area contributed by atoms with Crippen LogP contribution in [0.2, 0.25) is 0 Å². The highest BCUT2D eigenvalue weighted by Gasteiger charge is 2.05. The van der Waals surface area contributed by atoms with Gasteiger partial charge in [0.05, 0.1) is 0 Å². The largest absolute Gasteiger partial charge is 0.267 e.